The Hall–Kier alpha value is -2.55. The molecule has 1 aromatic carbocycles. The first kappa shape index (κ1) is 20.8. The monoisotopic (exact) mass is 396 g/mol. The quantitative estimate of drug-likeness (QED) is 0.728. The van der Waals surface area contributed by atoms with Crippen molar-refractivity contribution in [2.75, 3.05) is 14.2 Å². The van der Waals surface area contributed by atoms with Gasteiger partial charge in [-0.3, -0.25) is 4.79 Å². The summed E-state index contributed by atoms with van der Waals surface area (Å²) in [6, 6.07) is 6.26. The summed E-state index contributed by atoms with van der Waals surface area (Å²) in [4.78, 5) is 12.5. The predicted octanol–water partition coefficient (Wildman–Crippen LogP) is 2.18. The second kappa shape index (κ2) is 8.43. The third-order valence-corrected chi connectivity index (χ3v) is 6.19. The number of ether oxygens (including phenoxy) is 2. The fraction of sp³-hybridized carbons (Fsp3) is 0.444. The number of carbonyl (C=O) groups excluding carboxylic acids is 1. The molecule has 1 heterocycles. The van der Waals surface area contributed by atoms with E-state index in [4.69, 9.17) is 14.0 Å². The van der Waals surface area contributed by atoms with Crippen LogP contribution in [0.3, 0.4) is 0 Å². The van der Waals surface area contributed by atoms with Crippen molar-refractivity contribution in [2.24, 2.45) is 0 Å². The first-order valence-electron chi connectivity index (χ1n) is 8.34. The van der Waals surface area contributed by atoms with E-state index in [-0.39, 0.29) is 11.4 Å². The van der Waals surface area contributed by atoms with Gasteiger partial charge in [-0.15, -0.1) is 0 Å². The molecule has 148 valence electrons. The lowest BCUT2D eigenvalue weighted by molar-refractivity contribution is -0.121. The number of carbonyl (C=O) groups is 1. The molecule has 9 heteroatoms. The van der Waals surface area contributed by atoms with Crippen molar-refractivity contribution < 1.29 is 27.2 Å². The van der Waals surface area contributed by atoms with Crippen LogP contribution in [0.5, 0.6) is 11.5 Å². The lowest BCUT2D eigenvalue weighted by atomic mass is 10.1. The van der Waals surface area contributed by atoms with E-state index in [1.165, 1.54) is 27.2 Å². The standard InChI is InChI=1S/C18H24N2O6S/c1-11-8-14(20-26-11)10-27(22,23)13(3)18(21)19-12(2)16-9-15(24-4)6-7-17(16)25-5/h6-9,12-13H,10H2,1-5H3,(H,19,21)/t12-,13-/m1/s1. The van der Waals surface area contributed by atoms with Crippen molar-refractivity contribution in [3.63, 3.8) is 0 Å². The third kappa shape index (κ3) is 5.00. The Morgan fingerprint density at radius 2 is 1.93 bits per heavy atom. The van der Waals surface area contributed by atoms with Crippen LogP contribution in [-0.4, -0.2) is 39.0 Å². The van der Waals surface area contributed by atoms with Gasteiger partial charge in [0.1, 0.15) is 22.5 Å². The van der Waals surface area contributed by atoms with E-state index in [1.807, 2.05) is 0 Å². The molecule has 0 radical (unpaired) electrons. The van der Waals surface area contributed by atoms with E-state index in [0.29, 0.717) is 22.8 Å². The number of amides is 1. The fourth-order valence-corrected chi connectivity index (χ4v) is 3.76. The van der Waals surface area contributed by atoms with Crippen molar-refractivity contribution in [3.05, 3.63) is 41.3 Å². The first-order chi connectivity index (χ1) is 12.7. The highest BCUT2D eigenvalue weighted by Gasteiger charge is 2.30. The summed E-state index contributed by atoms with van der Waals surface area (Å²) >= 11 is 0. The van der Waals surface area contributed by atoms with Crippen LogP contribution < -0.4 is 14.8 Å². The summed E-state index contributed by atoms with van der Waals surface area (Å²) in [5, 5.41) is 5.16. The summed E-state index contributed by atoms with van der Waals surface area (Å²) in [6.07, 6.45) is 0. The average Bonchev–Trinajstić information content (AvgIpc) is 3.04. The lowest BCUT2D eigenvalue weighted by Crippen LogP contribution is -2.39. The molecule has 0 saturated heterocycles. The summed E-state index contributed by atoms with van der Waals surface area (Å²) in [5.74, 6) is 0.713. The minimum atomic E-state index is -3.75. The van der Waals surface area contributed by atoms with Crippen LogP contribution in [0.25, 0.3) is 0 Å². The van der Waals surface area contributed by atoms with Gasteiger partial charge in [-0.2, -0.15) is 0 Å². The number of hydrogen-bond donors (Lipinski definition) is 1. The van der Waals surface area contributed by atoms with Gasteiger partial charge in [0.2, 0.25) is 5.91 Å². The van der Waals surface area contributed by atoms with Crippen LogP contribution in [0, 0.1) is 6.92 Å². The first-order valence-corrected chi connectivity index (χ1v) is 10.1. The number of methoxy groups -OCH3 is 2. The predicted molar refractivity (Wildman–Crippen MR) is 99.4 cm³/mol. The van der Waals surface area contributed by atoms with E-state index in [1.54, 1.807) is 32.0 Å². The number of rotatable bonds is 8. The van der Waals surface area contributed by atoms with Crippen molar-refractivity contribution in [3.8, 4) is 11.5 Å². The van der Waals surface area contributed by atoms with E-state index in [9.17, 15) is 13.2 Å². The molecule has 0 bridgehead atoms. The molecule has 8 nitrogen and oxygen atoms in total. The minimum Gasteiger partial charge on any atom is -0.497 e. The molecule has 0 aliphatic heterocycles. The summed E-state index contributed by atoms with van der Waals surface area (Å²) in [6.45, 7) is 4.77. The second-order valence-corrected chi connectivity index (χ2v) is 8.54. The number of hydrogen-bond acceptors (Lipinski definition) is 7. The number of sulfone groups is 1. The van der Waals surface area contributed by atoms with E-state index >= 15 is 0 Å². The zero-order chi connectivity index (χ0) is 20.2. The average molecular weight is 396 g/mol. The fourth-order valence-electron chi connectivity index (χ4n) is 2.57. The Morgan fingerprint density at radius 1 is 1.22 bits per heavy atom. The maximum Gasteiger partial charge on any atom is 0.238 e. The van der Waals surface area contributed by atoms with Crippen molar-refractivity contribution in [1.82, 2.24) is 10.5 Å². The van der Waals surface area contributed by atoms with Crippen LogP contribution in [0.1, 0.15) is 36.9 Å². The van der Waals surface area contributed by atoms with Gasteiger partial charge in [0.15, 0.2) is 9.84 Å². The van der Waals surface area contributed by atoms with E-state index < -0.39 is 27.0 Å². The minimum absolute atomic E-state index is 0.273. The van der Waals surface area contributed by atoms with Gasteiger partial charge in [-0.25, -0.2) is 8.42 Å². The molecule has 0 fully saturated rings. The van der Waals surface area contributed by atoms with Crippen LogP contribution in [-0.2, 0) is 20.4 Å². The smallest absolute Gasteiger partial charge is 0.238 e. The van der Waals surface area contributed by atoms with Gasteiger partial charge in [0.25, 0.3) is 0 Å². The van der Waals surface area contributed by atoms with E-state index in [0.717, 1.165) is 0 Å². The second-order valence-electron chi connectivity index (χ2n) is 6.22. The molecular weight excluding hydrogens is 372 g/mol. The summed E-state index contributed by atoms with van der Waals surface area (Å²) < 4.78 is 40.4. The normalized spacial score (nSPS) is 13.7. The largest absolute Gasteiger partial charge is 0.497 e. The molecule has 0 aliphatic carbocycles. The topological polar surface area (TPSA) is 108 Å². The number of nitrogens with one attached hydrogen (secondary N) is 1. The molecule has 0 spiro atoms. The molecule has 1 N–H and O–H groups in total. The molecule has 0 unspecified atom stereocenters. The Balaban J connectivity index is 2.13. The van der Waals surface area contributed by atoms with Crippen molar-refractivity contribution >= 4 is 15.7 Å². The van der Waals surface area contributed by atoms with Crippen molar-refractivity contribution in [1.29, 1.82) is 0 Å². The maximum absolute atomic E-state index is 12.5. The molecule has 2 rings (SSSR count). The van der Waals surface area contributed by atoms with Crippen LogP contribution in [0.2, 0.25) is 0 Å². The van der Waals surface area contributed by atoms with Crippen LogP contribution in [0.4, 0.5) is 0 Å². The van der Waals surface area contributed by atoms with E-state index in [2.05, 4.69) is 10.5 Å². The number of nitrogens with zero attached hydrogens (tertiary/aromatic N) is 1. The van der Waals surface area contributed by atoms with Gasteiger partial charge in [0.05, 0.1) is 31.7 Å². The van der Waals surface area contributed by atoms with Gasteiger partial charge >= 0.3 is 0 Å². The van der Waals surface area contributed by atoms with Crippen LogP contribution >= 0.6 is 0 Å². The molecule has 1 amide bonds. The number of aryl methyl sites for hydroxylation is 1. The Bertz CT molecular complexity index is 906. The number of benzene rings is 1. The van der Waals surface area contributed by atoms with Gasteiger partial charge in [0, 0.05) is 11.6 Å². The Kier molecular flexibility index (Phi) is 6.48. The summed E-state index contributed by atoms with van der Waals surface area (Å²) in [7, 11) is -0.689. The highest BCUT2D eigenvalue weighted by Crippen LogP contribution is 2.29. The van der Waals surface area contributed by atoms with Crippen LogP contribution in [0.15, 0.2) is 28.8 Å². The van der Waals surface area contributed by atoms with Crippen molar-refractivity contribution in [2.45, 2.75) is 37.8 Å². The zero-order valence-corrected chi connectivity index (χ0v) is 16.8. The molecule has 2 aromatic rings. The molecule has 2 atom stereocenters. The number of aromatic nitrogens is 1. The Morgan fingerprint density at radius 3 is 2.48 bits per heavy atom. The lowest BCUT2D eigenvalue weighted by Gasteiger charge is -2.20. The van der Waals surface area contributed by atoms with Gasteiger partial charge in [-0.1, -0.05) is 5.16 Å². The van der Waals surface area contributed by atoms with Gasteiger partial charge < -0.3 is 19.3 Å². The molecular formula is C18H24N2O6S. The SMILES string of the molecule is COc1ccc(OC)c([C@@H](C)NC(=O)[C@@H](C)S(=O)(=O)Cc2cc(C)on2)c1. The molecule has 27 heavy (non-hydrogen) atoms. The highest BCUT2D eigenvalue weighted by molar-refractivity contribution is 7.92. The Labute approximate surface area is 158 Å². The van der Waals surface area contributed by atoms with Gasteiger partial charge in [-0.05, 0) is 39.0 Å². The third-order valence-electron chi connectivity index (χ3n) is 4.20. The highest BCUT2D eigenvalue weighted by atomic mass is 32.2. The maximum atomic E-state index is 12.5. The molecule has 0 saturated carbocycles. The molecule has 1 aromatic heterocycles. The zero-order valence-electron chi connectivity index (χ0n) is 16.0. The summed E-state index contributed by atoms with van der Waals surface area (Å²) in [5.41, 5.74) is 0.955. The molecule has 0 aliphatic rings.